The van der Waals surface area contributed by atoms with Gasteiger partial charge in [0, 0.05) is 49.6 Å². The average Bonchev–Trinajstić information content (AvgIpc) is 3.10. The maximum absolute atomic E-state index is 10.6. The Morgan fingerprint density at radius 1 is 0.909 bits per heavy atom. The zero-order valence-corrected chi connectivity index (χ0v) is 20.4. The van der Waals surface area contributed by atoms with Crippen LogP contribution in [0.15, 0.2) is 84.0 Å². The molecule has 1 aromatic heterocycles. The van der Waals surface area contributed by atoms with Crippen molar-refractivity contribution in [2.45, 2.75) is 19.3 Å². The van der Waals surface area contributed by atoms with E-state index in [1.165, 1.54) is 6.07 Å². The summed E-state index contributed by atoms with van der Waals surface area (Å²) in [6.07, 6.45) is 1.78. The van der Waals surface area contributed by atoms with E-state index in [1.54, 1.807) is 18.3 Å². The van der Waals surface area contributed by atoms with Crippen molar-refractivity contribution in [1.29, 1.82) is 0 Å². The summed E-state index contributed by atoms with van der Waals surface area (Å²) in [5.41, 5.74) is 7.14. The minimum Gasteiger partial charge on any atom is -0.509 e. The predicted octanol–water partition coefficient (Wildman–Crippen LogP) is 6.88. The minimum atomic E-state index is -0.402. The maximum Gasteiger partial charge on any atom is 0.190 e. The number of aromatic nitrogens is 1. The van der Waals surface area contributed by atoms with Crippen LogP contribution in [0.4, 0.5) is 11.4 Å². The Morgan fingerprint density at radius 3 is 2.42 bits per heavy atom. The molecule has 0 atom stereocenters. The van der Waals surface area contributed by atoms with E-state index in [-0.39, 0.29) is 26.8 Å². The Hall–Kier alpha value is -3.54. The number of nitrogens with zero attached hydrogens (tertiary/aromatic N) is 3. The van der Waals surface area contributed by atoms with Crippen molar-refractivity contribution in [2.75, 3.05) is 0 Å². The van der Waals surface area contributed by atoms with Crippen molar-refractivity contribution >= 4 is 17.1 Å². The van der Waals surface area contributed by atoms with E-state index in [1.807, 2.05) is 42.5 Å². The number of phenols is 1. The number of pyridine rings is 1. The van der Waals surface area contributed by atoms with Crippen molar-refractivity contribution in [3.8, 4) is 28.1 Å². The Labute approximate surface area is 207 Å². The molecule has 0 fully saturated rings. The van der Waals surface area contributed by atoms with Gasteiger partial charge >= 0.3 is 0 Å². The van der Waals surface area contributed by atoms with Gasteiger partial charge in [0.2, 0.25) is 0 Å². The van der Waals surface area contributed by atoms with E-state index in [9.17, 15) is 5.11 Å². The van der Waals surface area contributed by atoms with E-state index in [0.717, 1.165) is 39.3 Å². The van der Waals surface area contributed by atoms with Crippen LogP contribution >= 0.6 is 0 Å². The van der Waals surface area contributed by atoms with Crippen LogP contribution in [-0.4, -0.2) is 15.8 Å². The third kappa shape index (κ3) is 3.90. The van der Waals surface area contributed by atoms with Crippen LogP contribution < -0.4 is 0 Å². The fraction of sp³-hybridized carbons (Fsp3) is 0.107. The van der Waals surface area contributed by atoms with Gasteiger partial charge in [-0.25, -0.2) is 4.85 Å². The number of aliphatic imine (C=N–C) groups is 1. The average molecular weight is 610 g/mol. The first-order chi connectivity index (χ1) is 15.5. The van der Waals surface area contributed by atoms with Crippen LogP contribution in [0.3, 0.4) is 0 Å². The molecular formula is C28H20N3OPt-. The van der Waals surface area contributed by atoms with Gasteiger partial charge in [-0.3, -0.25) is 9.98 Å². The summed E-state index contributed by atoms with van der Waals surface area (Å²) in [7, 11) is 0. The molecule has 0 radical (unpaired) electrons. The molecule has 0 spiro atoms. The van der Waals surface area contributed by atoms with Gasteiger partial charge in [-0.2, -0.15) is 0 Å². The first kappa shape index (κ1) is 22.6. The summed E-state index contributed by atoms with van der Waals surface area (Å²) in [5.74, 6) is 0.0726. The summed E-state index contributed by atoms with van der Waals surface area (Å²) >= 11 is 0. The van der Waals surface area contributed by atoms with Gasteiger partial charge in [0.05, 0.1) is 12.3 Å². The molecule has 0 saturated heterocycles. The number of phenolic OH excluding ortho intramolecular Hbond substituents is 1. The summed E-state index contributed by atoms with van der Waals surface area (Å²) in [4.78, 5) is 12.9. The molecule has 0 saturated carbocycles. The molecule has 164 valence electrons. The molecule has 1 aliphatic rings. The van der Waals surface area contributed by atoms with Crippen molar-refractivity contribution in [3.63, 3.8) is 0 Å². The minimum absolute atomic E-state index is 0. The van der Waals surface area contributed by atoms with E-state index >= 15 is 0 Å². The summed E-state index contributed by atoms with van der Waals surface area (Å²) in [6, 6.07) is 26.6. The maximum atomic E-state index is 10.6. The fourth-order valence-corrected chi connectivity index (χ4v) is 4.25. The van der Waals surface area contributed by atoms with Gasteiger partial charge in [0.15, 0.2) is 5.69 Å². The van der Waals surface area contributed by atoms with Crippen LogP contribution in [0.2, 0.25) is 0 Å². The number of benzene rings is 3. The summed E-state index contributed by atoms with van der Waals surface area (Å²) < 4.78 is 0. The second-order valence-corrected chi connectivity index (χ2v) is 8.29. The molecule has 1 aliphatic heterocycles. The summed E-state index contributed by atoms with van der Waals surface area (Å²) in [5, 5.41) is 10.6. The smallest absolute Gasteiger partial charge is 0.190 e. The van der Waals surface area contributed by atoms with Crippen molar-refractivity contribution < 1.29 is 26.2 Å². The molecule has 5 rings (SSSR count). The van der Waals surface area contributed by atoms with Gasteiger partial charge in [0.25, 0.3) is 0 Å². The third-order valence-corrected chi connectivity index (χ3v) is 5.92. The van der Waals surface area contributed by atoms with Gasteiger partial charge in [0.1, 0.15) is 5.75 Å². The van der Waals surface area contributed by atoms with Crippen LogP contribution in [-0.2, 0) is 26.5 Å². The van der Waals surface area contributed by atoms with Gasteiger partial charge in [-0.1, -0.05) is 67.4 Å². The molecular weight excluding hydrogens is 589 g/mol. The normalized spacial score (nSPS) is 13.4. The quantitative estimate of drug-likeness (QED) is 0.258. The molecule has 0 amide bonds. The monoisotopic (exact) mass is 609 g/mol. The molecule has 4 nitrogen and oxygen atoms in total. The zero-order valence-electron chi connectivity index (χ0n) is 18.1. The molecule has 0 aliphatic carbocycles. The molecule has 33 heavy (non-hydrogen) atoms. The number of para-hydroxylation sites is 1. The topological polar surface area (TPSA) is 49.8 Å². The first-order valence-electron chi connectivity index (χ1n) is 10.4. The van der Waals surface area contributed by atoms with Gasteiger partial charge in [-0.05, 0) is 17.7 Å². The Morgan fingerprint density at radius 2 is 1.70 bits per heavy atom. The van der Waals surface area contributed by atoms with Crippen molar-refractivity contribution in [2.24, 2.45) is 4.99 Å². The van der Waals surface area contributed by atoms with Gasteiger partial charge < -0.3 is 5.11 Å². The van der Waals surface area contributed by atoms with E-state index < -0.39 is 5.41 Å². The van der Waals surface area contributed by atoms with Crippen LogP contribution in [0.1, 0.15) is 25.0 Å². The number of aromatic hydroxyl groups is 1. The molecule has 3 aromatic carbocycles. The Bertz CT molecular complexity index is 1420. The van der Waals surface area contributed by atoms with Gasteiger partial charge in [-0.15, -0.1) is 29.8 Å². The predicted molar refractivity (Wildman–Crippen MR) is 128 cm³/mol. The largest absolute Gasteiger partial charge is 0.509 e. The van der Waals surface area contributed by atoms with E-state index in [0.29, 0.717) is 11.3 Å². The SMILES string of the molecule is [C-]#[N+]c1ccc(C2=Nc3c(-c4[c-]c(-c5ccccn5)ccc4)cccc3C2(C)C)c(O)c1.[Pt]. The molecule has 0 unspecified atom stereocenters. The second-order valence-electron chi connectivity index (χ2n) is 8.29. The molecule has 0 bridgehead atoms. The van der Waals surface area contributed by atoms with Crippen LogP contribution in [0.25, 0.3) is 27.2 Å². The molecule has 2 heterocycles. The zero-order chi connectivity index (χ0) is 22.3. The van der Waals surface area contributed by atoms with Crippen LogP contribution in [0.5, 0.6) is 5.75 Å². The van der Waals surface area contributed by atoms with Crippen molar-refractivity contribution in [3.05, 3.63) is 108 Å². The number of fused-ring (bicyclic) bond motifs is 1. The molecule has 1 N–H and O–H groups in total. The summed E-state index contributed by atoms with van der Waals surface area (Å²) in [6.45, 7) is 11.4. The van der Waals surface area contributed by atoms with E-state index in [2.05, 4.69) is 41.9 Å². The number of hydrogen-bond donors (Lipinski definition) is 1. The standard InChI is InChI=1S/C28H20N3O.Pt/c1-28(2)23-11-7-10-21(18-8-6-9-19(16-18)24-12-4-5-15-30-24)26(23)31-27(28)22-14-13-20(29-3)17-25(22)32;/h4-15,17,32H,1-2H3;/q-1;. The van der Waals surface area contributed by atoms with Crippen LogP contribution in [0, 0.1) is 12.6 Å². The number of hydrogen-bond acceptors (Lipinski definition) is 3. The molecule has 5 heteroatoms. The first-order valence-corrected chi connectivity index (χ1v) is 10.4. The second kappa shape index (κ2) is 8.77. The Balaban J connectivity index is 0.00000259. The van der Waals surface area contributed by atoms with Crippen molar-refractivity contribution in [1.82, 2.24) is 4.98 Å². The molecule has 4 aromatic rings. The fourth-order valence-electron chi connectivity index (χ4n) is 4.25. The number of rotatable bonds is 3. The van der Waals surface area contributed by atoms with E-state index in [4.69, 9.17) is 11.6 Å². The Kier molecular flexibility index (Phi) is 6.02. The third-order valence-electron chi connectivity index (χ3n) is 5.92.